The number of carbonyl (C=O) groups excluding carboxylic acids is 2. The van der Waals surface area contributed by atoms with Gasteiger partial charge in [0.15, 0.2) is 0 Å². The highest BCUT2D eigenvalue weighted by Crippen LogP contribution is 2.29. The number of pyridine rings is 1. The summed E-state index contributed by atoms with van der Waals surface area (Å²) < 4.78 is 0. The van der Waals surface area contributed by atoms with Crippen LogP contribution >= 0.6 is 0 Å². The molecule has 6 nitrogen and oxygen atoms in total. The number of nitrogens with zero attached hydrogens (tertiary/aromatic N) is 3. The van der Waals surface area contributed by atoms with Gasteiger partial charge in [0.05, 0.1) is 5.92 Å². The molecule has 1 unspecified atom stereocenters. The highest BCUT2D eigenvalue weighted by molar-refractivity contribution is 5.95. The molecule has 1 fully saturated rings. The zero-order valence-corrected chi connectivity index (χ0v) is 19.3. The molecule has 2 amide bonds. The lowest BCUT2D eigenvalue weighted by Crippen LogP contribution is -2.47. The average molecular weight is 443 g/mol. The van der Waals surface area contributed by atoms with Gasteiger partial charge in [-0.15, -0.1) is 0 Å². The third-order valence-electron chi connectivity index (χ3n) is 6.84. The summed E-state index contributed by atoms with van der Waals surface area (Å²) in [4.78, 5) is 37.9. The maximum atomic E-state index is 13.3. The molecule has 0 radical (unpaired) electrons. The number of hydrogen-bond acceptors (Lipinski definition) is 3. The number of likely N-dealkylation sites (tertiary alicyclic amines) is 1. The Morgan fingerprint density at radius 2 is 1.91 bits per heavy atom. The summed E-state index contributed by atoms with van der Waals surface area (Å²) in [6, 6.07) is 9.99. The fourth-order valence-electron chi connectivity index (χ4n) is 5.24. The van der Waals surface area contributed by atoms with Gasteiger partial charge in [-0.25, -0.2) is 4.98 Å². The van der Waals surface area contributed by atoms with Gasteiger partial charge in [0.2, 0.25) is 5.91 Å². The Balaban J connectivity index is 1.26. The molecule has 0 aliphatic carbocycles. The van der Waals surface area contributed by atoms with E-state index in [1.54, 1.807) is 6.20 Å². The fraction of sp³-hybridized carbons (Fsp3) is 0.370. The average Bonchev–Trinajstić information content (AvgIpc) is 3.27. The minimum absolute atomic E-state index is 0.0353. The van der Waals surface area contributed by atoms with Crippen LogP contribution in [0.3, 0.4) is 0 Å². The van der Waals surface area contributed by atoms with Crippen molar-refractivity contribution in [2.45, 2.75) is 33.1 Å². The summed E-state index contributed by atoms with van der Waals surface area (Å²) in [6.07, 6.45) is 8.50. The molecule has 2 aliphatic rings. The predicted molar refractivity (Wildman–Crippen MR) is 130 cm³/mol. The van der Waals surface area contributed by atoms with Gasteiger partial charge >= 0.3 is 0 Å². The third kappa shape index (κ3) is 4.30. The van der Waals surface area contributed by atoms with Gasteiger partial charge in [-0.2, -0.15) is 0 Å². The van der Waals surface area contributed by atoms with E-state index < -0.39 is 0 Å². The van der Waals surface area contributed by atoms with E-state index in [2.05, 4.69) is 28.2 Å². The van der Waals surface area contributed by atoms with Crippen molar-refractivity contribution in [3.63, 3.8) is 0 Å². The molecule has 2 aromatic heterocycles. The van der Waals surface area contributed by atoms with Crippen LogP contribution in [0.15, 0.2) is 48.8 Å². The van der Waals surface area contributed by atoms with E-state index in [4.69, 9.17) is 0 Å². The lowest BCUT2D eigenvalue weighted by molar-refractivity contribution is -0.136. The highest BCUT2D eigenvalue weighted by atomic mass is 16.2. The van der Waals surface area contributed by atoms with Gasteiger partial charge in [0.25, 0.3) is 5.91 Å². The minimum Gasteiger partial charge on any atom is -0.346 e. The third-order valence-corrected chi connectivity index (χ3v) is 6.84. The van der Waals surface area contributed by atoms with Crippen LogP contribution < -0.4 is 0 Å². The summed E-state index contributed by atoms with van der Waals surface area (Å²) in [5.41, 5.74) is 6.22. The zero-order chi connectivity index (χ0) is 22.9. The molecule has 33 heavy (non-hydrogen) atoms. The molecule has 1 saturated heterocycles. The Bertz CT molecular complexity index is 1220. The number of benzene rings is 1. The second-order valence-electron chi connectivity index (χ2n) is 9.33. The summed E-state index contributed by atoms with van der Waals surface area (Å²) in [5.74, 6) is 0.0812. The first-order valence-corrected chi connectivity index (χ1v) is 11.8. The van der Waals surface area contributed by atoms with Crippen LogP contribution in [0, 0.1) is 19.8 Å². The van der Waals surface area contributed by atoms with E-state index >= 15 is 0 Å². The van der Waals surface area contributed by atoms with Gasteiger partial charge in [-0.3, -0.25) is 9.59 Å². The first-order valence-electron chi connectivity index (χ1n) is 11.8. The monoisotopic (exact) mass is 442 g/mol. The number of aryl methyl sites for hydroxylation is 2. The SMILES string of the molecule is Cc1cc(C)cc(C(=O)N2CCCC(C(=O)N3CC=C(c4c[nH]c5ncccc45)CC3)C2)c1. The van der Waals surface area contributed by atoms with Crippen molar-refractivity contribution in [2.24, 2.45) is 5.92 Å². The van der Waals surface area contributed by atoms with Crippen molar-refractivity contribution in [3.05, 3.63) is 71.1 Å². The second kappa shape index (κ2) is 8.85. The van der Waals surface area contributed by atoms with E-state index in [-0.39, 0.29) is 17.7 Å². The normalized spacial score (nSPS) is 19.0. The Kier molecular flexibility index (Phi) is 5.75. The quantitative estimate of drug-likeness (QED) is 0.656. The minimum atomic E-state index is -0.124. The number of aromatic amines is 1. The van der Waals surface area contributed by atoms with E-state index in [1.165, 1.54) is 11.1 Å². The van der Waals surface area contributed by atoms with Crippen LogP contribution in [-0.4, -0.2) is 57.8 Å². The second-order valence-corrected chi connectivity index (χ2v) is 9.33. The molecule has 170 valence electrons. The van der Waals surface area contributed by atoms with E-state index in [0.717, 1.165) is 47.0 Å². The van der Waals surface area contributed by atoms with Crippen LogP contribution in [-0.2, 0) is 4.79 Å². The molecule has 1 N–H and O–H groups in total. The molecular weight excluding hydrogens is 412 g/mol. The summed E-state index contributed by atoms with van der Waals surface area (Å²) in [6.45, 7) is 6.57. The summed E-state index contributed by atoms with van der Waals surface area (Å²) >= 11 is 0. The number of fused-ring (bicyclic) bond motifs is 1. The standard InChI is InChI=1S/C27H30N4O2/c1-18-13-19(2)15-22(14-18)27(33)31-10-4-5-21(17-31)26(32)30-11-7-20(8-12-30)24-16-29-25-23(24)6-3-9-28-25/h3,6-7,9,13-16,21H,4-5,8,10-12,17H2,1-2H3,(H,28,29). The van der Waals surface area contributed by atoms with Crippen molar-refractivity contribution < 1.29 is 9.59 Å². The van der Waals surface area contributed by atoms with Gasteiger partial charge in [0.1, 0.15) is 5.65 Å². The molecule has 2 aliphatic heterocycles. The summed E-state index contributed by atoms with van der Waals surface area (Å²) in [7, 11) is 0. The zero-order valence-electron chi connectivity index (χ0n) is 19.3. The lowest BCUT2D eigenvalue weighted by Gasteiger charge is -2.36. The first-order chi connectivity index (χ1) is 16.0. The van der Waals surface area contributed by atoms with E-state index in [1.807, 2.05) is 48.0 Å². The fourth-order valence-corrected chi connectivity index (χ4v) is 5.24. The van der Waals surface area contributed by atoms with Gasteiger partial charge in [-0.05, 0) is 62.9 Å². The van der Waals surface area contributed by atoms with Crippen LogP contribution in [0.5, 0.6) is 0 Å². The number of amides is 2. The smallest absolute Gasteiger partial charge is 0.253 e. The number of rotatable bonds is 3. The predicted octanol–water partition coefficient (Wildman–Crippen LogP) is 4.35. The van der Waals surface area contributed by atoms with Crippen LogP contribution in [0.4, 0.5) is 0 Å². The highest BCUT2D eigenvalue weighted by Gasteiger charge is 2.32. The Hall–Kier alpha value is -3.41. The maximum Gasteiger partial charge on any atom is 0.253 e. The number of hydrogen-bond donors (Lipinski definition) is 1. The molecule has 5 rings (SSSR count). The van der Waals surface area contributed by atoms with E-state index in [0.29, 0.717) is 26.2 Å². The van der Waals surface area contributed by atoms with E-state index in [9.17, 15) is 9.59 Å². The van der Waals surface area contributed by atoms with Gasteiger partial charge in [-0.1, -0.05) is 23.3 Å². The van der Waals surface area contributed by atoms with Crippen LogP contribution in [0.25, 0.3) is 16.6 Å². The van der Waals surface area contributed by atoms with Gasteiger partial charge in [0, 0.05) is 55.1 Å². The molecular formula is C27H30N4O2. The van der Waals surface area contributed by atoms with Crippen molar-refractivity contribution in [1.29, 1.82) is 0 Å². The molecule has 1 aromatic carbocycles. The number of aromatic nitrogens is 2. The molecule has 4 heterocycles. The summed E-state index contributed by atoms with van der Waals surface area (Å²) in [5, 5.41) is 1.12. The Labute approximate surface area is 194 Å². The van der Waals surface area contributed by atoms with Crippen LogP contribution in [0.2, 0.25) is 0 Å². The topological polar surface area (TPSA) is 69.3 Å². The van der Waals surface area contributed by atoms with Gasteiger partial charge < -0.3 is 14.8 Å². The Morgan fingerprint density at radius 1 is 1.09 bits per heavy atom. The number of piperidine rings is 1. The molecule has 0 spiro atoms. The largest absolute Gasteiger partial charge is 0.346 e. The van der Waals surface area contributed by atoms with Crippen molar-refractivity contribution in [3.8, 4) is 0 Å². The molecule has 0 saturated carbocycles. The maximum absolute atomic E-state index is 13.3. The first kappa shape index (κ1) is 21.4. The number of nitrogens with one attached hydrogen (secondary N) is 1. The lowest BCUT2D eigenvalue weighted by atomic mass is 9.94. The van der Waals surface area contributed by atoms with Crippen molar-refractivity contribution in [1.82, 2.24) is 19.8 Å². The van der Waals surface area contributed by atoms with Crippen molar-refractivity contribution >= 4 is 28.4 Å². The Morgan fingerprint density at radius 3 is 2.67 bits per heavy atom. The van der Waals surface area contributed by atoms with Crippen LogP contribution in [0.1, 0.15) is 46.3 Å². The van der Waals surface area contributed by atoms with Crippen molar-refractivity contribution in [2.75, 3.05) is 26.2 Å². The molecule has 6 heteroatoms. The molecule has 1 atom stereocenters. The molecule has 3 aromatic rings. The molecule has 0 bridgehead atoms. The number of H-pyrrole nitrogens is 1. The number of carbonyl (C=O) groups is 2.